The van der Waals surface area contributed by atoms with E-state index in [1.807, 2.05) is 10.8 Å². The first-order valence-electron chi connectivity index (χ1n) is 9.90. The lowest BCUT2D eigenvalue weighted by atomic mass is 9.82. The van der Waals surface area contributed by atoms with E-state index in [2.05, 4.69) is 31.6 Å². The summed E-state index contributed by atoms with van der Waals surface area (Å²) in [5, 5.41) is 8.94. The molecule has 140 valence electrons. The van der Waals surface area contributed by atoms with E-state index < -0.39 is 0 Å². The number of aromatic nitrogens is 5. The molecule has 1 saturated carbocycles. The molecule has 2 aliphatic rings. The molecular weight excluding hydrogens is 328 g/mol. The van der Waals surface area contributed by atoms with E-state index >= 15 is 0 Å². The Morgan fingerprint density at radius 2 is 2.00 bits per heavy atom. The standard InChI is InChI=1S/C19H28N6O/c1-2-25-17(13-23-11-8-20-14-23)21-22-19(25)16-6-9-24(10-7-16)18(26)12-15-4-3-5-15/h8,11,14-16H,2-7,9-10,12-13H2,1H3. The van der Waals surface area contributed by atoms with E-state index in [0.29, 0.717) is 24.3 Å². The Bertz CT molecular complexity index is 725. The fraction of sp³-hybridized carbons (Fsp3) is 0.684. The van der Waals surface area contributed by atoms with Gasteiger partial charge in [-0.3, -0.25) is 4.79 Å². The van der Waals surface area contributed by atoms with Crippen LogP contribution in [-0.2, 0) is 17.9 Å². The minimum absolute atomic E-state index is 0.353. The summed E-state index contributed by atoms with van der Waals surface area (Å²) in [4.78, 5) is 18.6. The maximum Gasteiger partial charge on any atom is 0.222 e. The molecule has 0 bridgehead atoms. The van der Waals surface area contributed by atoms with Gasteiger partial charge in [0.2, 0.25) is 5.91 Å². The Kier molecular flexibility index (Phi) is 5.04. The number of carbonyl (C=O) groups is 1. The third kappa shape index (κ3) is 3.52. The van der Waals surface area contributed by atoms with Gasteiger partial charge in [-0.2, -0.15) is 0 Å². The molecule has 2 aromatic rings. The molecule has 2 aromatic heterocycles. The van der Waals surface area contributed by atoms with Crippen LogP contribution in [0.3, 0.4) is 0 Å². The van der Waals surface area contributed by atoms with Gasteiger partial charge in [0, 0.05) is 44.4 Å². The molecule has 1 amide bonds. The van der Waals surface area contributed by atoms with E-state index in [9.17, 15) is 4.79 Å². The second kappa shape index (κ2) is 7.60. The highest BCUT2D eigenvalue weighted by Gasteiger charge is 2.29. The van der Waals surface area contributed by atoms with E-state index in [0.717, 1.165) is 50.5 Å². The molecule has 0 aromatic carbocycles. The van der Waals surface area contributed by atoms with Crippen LogP contribution in [0.4, 0.5) is 0 Å². The lowest BCUT2D eigenvalue weighted by Crippen LogP contribution is -2.39. The van der Waals surface area contributed by atoms with Crippen LogP contribution in [0.15, 0.2) is 18.7 Å². The lowest BCUT2D eigenvalue weighted by Gasteiger charge is -2.34. The average molecular weight is 356 g/mol. The highest BCUT2D eigenvalue weighted by Crippen LogP contribution is 2.32. The van der Waals surface area contributed by atoms with E-state index in [-0.39, 0.29) is 0 Å². The zero-order chi connectivity index (χ0) is 17.9. The van der Waals surface area contributed by atoms with E-state index in [1.54, 1.807) is 12.5 Å². The normalized spacial score (nSPS) is 18.9. The molecule has 7 heteroatoms. The third-order valence-corrected chi connectivity index (χ3v) is 5.96. The third-order valence-electron chi connectivity index (χ3n) is 5.96. The molecule has 0 atom stereocenters. The molecular formula is C19H28N6O. The molecule has 3 heterocycles. The number of amides is 1. The second-order valence-electron chi connectivity index (χ2n) is 7.61. The molecule has 0 radical (unpaired) electrons. The molecule has 2 fully saturated rings. The minimum Gasteiger partial charge on any atom is -0.343 e. The van der Waals surface area contributed by atoms with Crippen LogP contribution in [0.2, 0.25) is 0 Å². The zero-order valence-electron chi connectivity index (χ0n) is 15.5. The van der Waals surface area contributed by atoms with Crippen molar-refractivity contribution in [2.24, 2.45) is 5.92 Å². The lowest BCUT2D eigenvalue weighted by molar-refractivity contribution is -0.133. The van der Waals surface area contributed by atoms with Crippen LogP contribution in [0.25, 0.3) is 0 Å². The summed E-state index contributed by atoms with van der Waals surface area (Å²) in [6.07, 6.45) is 12.0. The summed E-state index contributed by atoms with van der Waals surface area (Å²) in [5.74, 6) is 3.45. The van der Waals surface area contributed by atoms with Crippen LogP contribution in [-0.4, -0.2) is 48.2 Å². The molecule has 0 spiro atoms. The smallest absolute Gasteiger partial charge is 0.222 e. The van der Waals surface area contributed by atoms with E-state index in [1.165, 1.54) is 19.3 Å². The Hall–Kier alpha value is -2.18. The maximum atomic E-state index is 12.4. The van der Waals surface area contributed by atoms with Crippen molar-refractivity contribution in [1.29, 1.82) is 0 Å². The Morgan fingerprint density at radius 3 is 2.62 bits per heavy atom. The number of carbonyl (C=O) groups excluding carboxylic acids is 1. The number of likely N-dealkylation sites (tertiary alicyclic amines) is 1. The van der Waals surface area contributed by atoms with Crippen LogP contribution in [0, 0.1) is 5.92 Å². The monoisotopic (exact) mass is 356 g/mol. The second-order valence-corrected chi connectivity index (χ2v) is 7.61. The Balaban J connectivity index is 1.37. The summed E-state index contributed by atoms with van der Waals surface area (Å²) in [7, 11) is 0. The van der Waals surface area contributed by atoms with Gasteiger partial charge in [-0.25, -0.2) is 4.98 Å². The highest BCUT2D eigenvalue weighted by atomic mass is 16.2. The first kappa shape index (κ1) is 17.2. The molecule has 1 aliphatic carbocycles. The SMILES string of the molecule is CCn1c(Cn2ccnc2)nnc1C1CCN(C(=O)CC2CCC2)CC1. The molecule has 0 unspecified atom stereocenters. The van der Waals surface area contributed by atoms with Gasteiger partial charge in [0.05, 0.1) is 12.9 Å². The number of rotatable bonds is 6. The summed E-state index contributed by atoms with van der Waals surface area (Å²) < 4.78 is 4.25. The molecule has 4 rings (SSSR count). The van der Waals surface area contributed by atoms with Gasteiger partial charge in [-0.1, -0.05) is 6.42 Å². The fourth-order valence-corrected chi connectivity index (χ4v) is 4.12. The summed E-state index contributed by atoms with van der Waals surface area (Å²) in [5.41, 5.74) is 0. The highest BCUT2D eigenvalue weighted by molar-refractivity contribution is 5.76. The molecule has 1 aliphatic heterocycles. The first-order chi connectivity index (χ1) is 12.7. The topological polar surface area (TPSA) is 68.8 Å². The van der Waals surface area contributed by atoms with Crippen molar-refractivity contribution in [2.75, 3.05) is 13.1 Å². The van der Waals surface area contributed by atoms with Gasteiger partial charge in [0.25, 0.3) is 0 Å². The van der Waals surface area contributed by atoms with Crippen molar-refractivity contribution in [2.45, 2.75) is 64.5 Å². The predicted octanol–water partition coefficient (Wildman–Crippen LogP) is 2.44. The van der Waals surface area contributed by atoms with Crippen molar-refractivity contribution in [3.8, 4) is 0 Å². The molecule has 0 N–H and O–H groups in total. The van der Waals surface area contributed by atoms with Gasteiger partial charge in [0.1, 0.15) is 5.82 Å². The summed E-state index contributed by atoms with van der Waals surface area (Å²) in [6, 6.07) is 0. The van der Waals surface area contributed by atoms with Crippen LogP contribution in [0.1, 0.15) is 63.0 Å². The number of imidazole rings is 1. The van der Waals surface area contributed by atoms with Crippen molar-refractivity contribution < 1.29 is 4.79 Å². The van der Waals surface area contributed by atoms with Crippen LogP contribution < -0.4 is 0 Å². The Labute approximate surface area is 154 Å². The van der Waals surface area contributed by atoms with Crippen molar-refractivity contribution >= 4 is 5.91 Å². The molecule has 7 nitrogen and oxygen atoms in total. The van der Waals surface area contributed by atoms with E-state index in [4.69, 9.17) is 0 Å². The van der Waals surface area contributed by atoms with Crippen LogP contribution in [0.5, 0.6) is 0 Å². The Morgan fingerprint density at radius 1 is 1.19 bits per heavy atom. The molecule has 26 heavy (non-hydrogen) atoms. The first-order valence-corrected chi connectivity index (χ1v) is 9.90. The quantitative estimate of drug-likeness (QED) is 0.797. The fourth-order valence-electron chi connectivity index (χ4n) is 4.12. The molecule has 1 saturated heterocycles. The van der Waals surface area contributed by atoms with Crippen molar-refractivity contribution in [1.82, 2.24) is 29.2 Å². The minimum atomic E-state index is 0.353. The number of hydrogen-bond donors (Lipinski definition) is 0. The maximum absolute atomic E-state index is 12.4. The number of nitrogens with zero attached hydrogens (tertiary/aromatic N) is 6. The van der Waals surface area contributed by atoms with Crippen molar-refractivity contribution in [3.63, 3.8) is 0 Å². The largest absolute Gasteiger partial charge is 0.343 e. The van der Waals surface area contributed by atoms with Crippen LogP contribution >= 0.6 is 0 Å². The summed E-state index contributed by atoms with van der Waals surface area (Å²) >= 11 is 0. The average Bonchev–Trinajstić information content (AvgIpc) is 3.28. The summed E-state index contributed by atoms with van der Waals surface area (Å²) in [6.45, 7) is 5.40. The van der Waals surface area contributed by atoms with Crippen molar-refractivity contribution in [3.05, 3.63) is 30.4 Å². The van der Waals surface area contributed by atoms with Gasteiger partial charge < -0.3 is 14.0 Å². The van der Waals surface area contributed by atoms with Gasteiger partial charge >= 0.3 is 0 Å². The number of piperidine rings is 1. The van der Waals surface area contributed by atoms with Gasteiger partial charge in [-0.05, 0) is 38.5 Å². The predicted molar refractivity (Wildman–Crippen MR) is 97.5 cm³/mol. The van der Waals surface area contributed by atoms with Gasteiger partial charge in [-0.15, -0.1) is 10.2 Å². The van der Waals surface area contributed by atoms with Gasteiger partial charge in [0.15, 0.2) is 5.82 Å². The zero-order valence-corrected chi connectivity index (χ0v) is 15.5. The number of hydrogen-bond acceptors (Lipinski definition) is 4.